The molecule has 0 aromatic heterocycles. The summed E-state index contributed by atoms with van der Waals surface area (Å²) in [7, 11) is 0. The molecule has 0 radical (unpaired) electrons. The SMILES string of the molecule is O=C(NCC1(F)CCNCC1)OCc1ccccc1. The first-order chi connectivity index (χ1) is 9.18. The number of carbonyl (C=O) groups is 1. The highest BCUT2D eigenvalue weighted by Crippen LogP contribution is 2.21. The number of alkyl halides is 1. The third-order valence-electron chi connectivity index (χ3n) is 3.26. The third kappa shape index (κ3) is 4.52. The van der Waals surface area contributed by atoms with E-state index in [2.05, 4.69) is 10.6 Å². The van der Waals surface area contributed by atoms with E-state index >= 15 is 0 Å². The van der Waals surface area contributed by atoms with Gasteiger partial charge in [-0.15, -0.1) is 0 Å². The van der Waals surface area contributed by atoms with Crippen molar-refractivity contribution in [2.24, 2.45) is 0 Å². The molecule has 0 spiro atoms. The zero-order valence-electron chi connectivity index (χ0n) is 10.8. The van der Waals surface area contributed by atoms with Gasteiger partial charge in [-0.1, -0.05) is 30.3 Å². The molecule has 1 fully saturated rings. The molecule has 2 rings (SSSR count). The van der Waals surface area contributed by atoms with E-state index in [0.717, 1.165) is 5.56 Å². The summed E-state index contributed by atoms with van der Waals surface area (Å²) in [5, 5.41) is 5.59. The van der Waals surface area contributed by atoms with Gasteiger partial charge in [-0.3, -0.25) is 0 Å². The standard InChI is InChI=1S/C14H19FN2O2/c15-14(6-8-16-9-7-14)11-17-13(18)19-10-12-4-2-1-3-5-12/h1-5,16H,6-11H2,(H,17,18). The van der Waals surface area contributed by atoms with Crippen molar-refractivity contribution < 1.29 is 13.9 Å². The van der Waals surface area contributed by atoms with E-state index in [-0.39, 0.29) is 13.2 Å². The van der Waals surface area contributed by atoms with Crippen LogP contribution in [0.1, 0.15) is 18.4 Å². The van der Waals surface area contributed by atoms with Crippen molar-refractivity contribution in [1.82, 2.24) is 10.6 Å². The molecule has 0 bridgehead atoms. The predicted octanol–water partition coefficient (Wildman–Crippen LogP) is 2.00. The number of alkyl carbamates (subject to hydrolysis) is 1. The second-order valence-corrected chi connectivity index (χ2v) is 4.82. The molecular formula is C14H19FN2O2. The number of hydrogen-bond acceptors (Lipinski definition) is 3. The maximum absolute atomic E-state index is 14.2. The minimum atomic E-state index is -1.31. The van der Waals surface area contributed by atoms with Gasteiger partial charge in [0.05, 0.1) is 6.54 Å². The van der Waals surface area contributed by atoms with Crippen LogP contribution in [0.3, 0.4) is 0 Å². The lowest BCUT2D eigenvalue weighted by molar-refractivity contribution is 0.0985. The van der Waals surface area contributed by atoms with Crippen molar-refractivity contribution >= 4 is 6.09 Å². The first-order valence-corrected chi connectivity index (χ1v) is 6.52. The van der Waals surface area contributed by atoms with E-state index in [1.807, 2.05) is 30.3 Å². The first kappa shape index (κ1) is 13.8. The van der Waals surface area contributed by atoms with Gasteiger partial charge in [0, 0.05) is 0 Å². The van der Waals surface area contributed by atoms with Crippen LogP contribution in [0.4, 0.5) is 9.18 Å². The van der Waals surface area contributed by atoms with Crippen molar-refractivity contribution in [2.45, 2.75) is 25.1 Å². The van der Waals surface area contributed by atoms with Crippen LogP contribution in [0.25, 0.3) is 0 Å². The highest BCUT2D eigenvalue weighted by atomic mass is 19.1. The molecule has 5 heteroatoms. The van der Waals surface area contributed by atoms with Gasteiger partial charge in [-0.05, 0) is 31.5 Å². The molecular weight excluding hydrogens is 247 g/mol. The van der Waals surface area contributed by atoms with Gasteiger partial charge in [0.1, 0.15) is 12.3 Å². The summed E-state index contributed by atoms with van der Waals surface area (Å²) < 4.78 is 19.2. The Balaban J connectivity index is 1.70. The highest BCUT2D eigenvalue weighted by Gasteiger charge is 2.32. The van der Waals surface area contributed by atoms with Crippen molar-refractivity contribution in [3.8, 4) is 0 Å². The number of halogens is 1. The number of carbonyl (C=O) groups excluding carboxylic acids is 1. The maximum Gasteiger partial charge on any atom is 0.407 e. The lowest BCUT2D eigenvalue weighted by Crippen LogP contribution is -2.46. The average Bonchev–Trinajstić information content (AvgIpc) is 2.45. The van der Waals surface area contributed by atoms with Crippen LogP contribution in [0.5, 0.6) is 0 Å². The lowest BCUT2D eigenvalue weighted by Gasteiger charge is -2.29. The van der Waals surface area contributed by atoms with Gasteiger partial charge >= 0.3 is 6.09 Å². The fourth-order valence-corrected chi connectivity index (χ4v) is 2.06. The smallest absolute Gasteiger partial charge is 0.407 e. The fourth-order valence-electron chi connectivity index (χ4n) is 2.06. The second kappa shape index (κ2) is 6.52. The number of piperidine rings is 1. The Kier molecular flexibility index (Phi) is 4.74. The number of rotatable bonds is 4. The van der Waals surface area contributed by atoms with Gasteiger partial charge in [-0.2, -0.15) is 0 Å². The number of nitrogens with one attached hydrogen (secondary N) is 2. The molecule has 0 unspecified atom stereocenters. The summed E-state index contributed by atoms with van der Waals surface area (Å²) in [6, 6.07) is 9.39. The molecule has 1 amide bonds. The zero-order chi connectivity index (χ0) is 13.6. The molecule has 0 atom stereocenters. The maximum atomic E-state index is 14.2. The fraction of sp³-hybridized carbons (Fsp3) is 0.500. The van der Waals surface area contributed by atoms with E-state index in [1.165, 1.54) is 0 Å². The number of ether oxygens (including phenoxy) is 1. The molecule has 1 aliphatic heterocycles. The normalized spacial score (nSPS) is 17.7. The molecule has 1 aromatic carbocycles. The number of hydrogen-bond donors (Lipinski definition) is 2. The highest BCUT2D eigenvalue weighted by molar-refractivity contribution is 5.67. The summed E-state index contributed by atoms with van der Waals surface area (Å²) >= 11 is 0. The Morgan fingerprint density at radius 2 is 2.00 bits per heavy atom. The Bertz CT molecular complexity index is 405. The summed E-state index contributed by atoms with van der Waals surface area (Å²) in [5.41, 5.74) is -0.397. The van der Waals surface area contributed by atoms with Gasteiger partial charge in [0.15, 0.2) is 0 Å². The van der Waals surface area contributed by atoms with Gasteiger partial charge in [0.25, 0.3) is 0 Å². The van der Waals surface area contributed by atoms with Crippen LogP contribution in [0.15, 0.2) is 30.3 Å². The molecule has 1 heterocycles. The molecule has 4 nitrogen and oxygen atoms in total. The lowest BCUT2D eigenvalue weighted by atomic mass is 9.94. The molecule has 1 aromatic rings. The molecule has 104 valence electrons. The summed E-state index contributed by atoms with van der Waals surface area (Å²) in [6.45, 7) is 1.52. The molecule has 0 aliphatic carbocycles. The third-order valence-corrected chi connectivity index (χ3v) is 3.26. The largest absolute Gasteiger partial charge is 0.445 e. The monoisotopic (exact) mass is 266 g/mol. The van der Waals surface area contributed by atoms with Gasteiger partial charge < -0.3 is 15.4 Å². The van der Waals surface area contributed by atoms with Gasteiger partial charge in [-0.25, -0.2) is 9.18 Å². The zero-order valence-corrected chi connectivity index (χ0v) is 10.8. The van der Waals surface area contributed by atoms with Crippen LogP contribution < -0.4 is 10.6 Å². The summed E-state index contributed by atoms with van der Waals surface area (Å²) in [5.74, 6) is 0. The van der Waals surface area contributed by atoms with Crippen molar-refractivity contribution in [1.29, 1.82) is 0 Å². The van der Waals surface area contributed by atoms with E-state index in [4.69, 9.17) is 4.74 Å². The van der Waals surface area contributed by atoms with Crippen molar-refractivity contribution in [3.63, 3.8) is 0 Å². The predicted molar refractivity (Wildman–Crippen MR) is 70.6 cm³/mol. The molecule has 1 saturated heterocycles. The Morgan fingerprint density at radius 3 is 2.68 bits per heavy atom. The first-order valence-electron chi connectivity index (χ1n) is 6.52. The quantitative estimate of drug-likeness (QED) is 0.876. The Labute approximate surface area is 112 Å². The molecule has 1 aliphatic rings. The van der Waals surface area contributed by atoms with Crippen LogP contribution in [-0.2, 0) is 11.3 Å². The van der Waals surface area contributed by atoms with E-state index in [0.29, 0.717) is 25.9 Å². The second-order valence-electron chi connectivity index (χ2n) is 4.82. The topological polar surface area (TPSA) is 50.4 Å². The average molecular weight is 266 g/mol. The summed E-state index contributed by atoms with van der Waals surface area (Å²) in [6.07, 6.45) is 0.275. The van der Waals surface area contributed by atoms with Crippen molar-refractivity contribution in [2.75, 3.05) is 19.6 Å². The van der Waals surface area contributed by atoms with Crippen LogP contribution in [0, 0.1) is 0 Å². The molecule has 0 saturated carbocycles. The van der Waals surface area contributed by atoms with E-state index < -0.39 is 11.8 Å². The van der Waals surface area contributed by atoms with E-state index in [9.17, 15) is 9.18 Å². The Morgan fingerprint density at radius 1 is 1.32 bits per heavy atom. The van der Waals surface area contributed by atoms with E-state index in [1.54, 1.807) is 0 Å². The number of amides is 1. The minimum Gasteiger partial charge on any atom is -0.445 e. The minimum absolute atomic E-state index is 0.0162. The van der Waals surface area contributed by atoms with Gasteiger partial charge in [0.2, 0.25) is 0 Å². The van der Waals surface area contributed by atoms with Crippen LogP contribution in [0.2, 0.25) is 0 Å². The van der Waals surface area contributed by atoms with Crippen molar-refractivity contribution in [3.05, 3.63) is 35.9 Å². The number of benzene rings is 1. The Hall–Kier alpha value is -1.62. The van der Waals surface area contributed by atoms with Crippen LogP contribution in [-0.4, -0.2) is 31.4 Å². The molecule has 19 heavy (non-hydrogen) atoms. The summed E-state index contributed by atoms with van der Waals surface area (Å²) in [4.78, 5) is 11.5. The van der Waals surface area contributed by atoms with Crippen LogP contribution >= 0.6 is 0 Å². The molecule has 2 N–H and O–H groups in total.